The molecule has 0 aromatic carbocycles. The van der Waals surface area contributed by atoms with E-state index in [1.54, 1.807) is 0 Å². The Morgan fingerprint density at radius 3 is 1.83 bits per heavy atom. The highest BCUT2D eigenvalue weighted by atomic mass is 32.2. The van der Waals surface area contributed by atoms with Crippen molar-refractivity contribution in [1.82, 2.24) is 0 Å². The first kappa shape index (κ1) is 16.0. The van der Waals surface area contributed by atoms with E-state index in [1.807, 2.05) is 0 Å². The van der Waals surface area contributed by atoms with Gasteiger partial charge in [0.1, 0.15) is 9.84 Å². The van der Waals surface area contributed by atoms with Crippen LogP contribution in [0.3, 0.4) is 0 Å². The van der Waals surface area contributed by atoms with Crippen LogP contribution in [0.1, 0.15) is 59.8 Å². The third kappa shape index (κ3) is 5.27. The second-order valence-electron chi connectivity index (χ2n) is 7.95. The van der Waals surface area contributed by atoms with Crippen molar-refractivity contribution in [2.24, 2.45) is 16.6 Å². The van der Waals surface area contributed by atoms with E-state index in [4.69, 9.17) is 5.73 Å². The highest BCUT2D eigenvalue weighted by Crippen LogP contribution is 2.50. The molecule has 1 fully saturated rings. The molecule has 0 aromatic rings. The van der Waals surface area contributed by atoms with Crippen LogP contribution in [0.25, 0.3) is 0 Å². The Labute approximate surface area is 112 Å². The quantitative estimate of drug-likeness (QED) is 0.858. The zero-order valence-electron chi connectivity index (χ0n) is 12.5. The summed E-state index contributed by atoms with van der Waals surface area (Å²) in [5.41, 5.74) is 6.85. The summed E-state index contributed by atoms with van der Waals surface area (Å²) in [6, 6.07) is 0. The van der Waals surface area contributed by atoms with Crippen LogP contribution in [0, 0.1) is 10.8 Å². The van der Waals surface area contributed by atoms with Gasteiger partial charge in [-0.3, -0.25) is 0 Å². The maximum atomic E-state index is 11.2. The molecule has 4 heteroatoms. The molecule has 0 unspecified atom stereocenters. The summed E-state index contributed by atoms with van der Waals surface area (Å²) < 4.78 is 22.4. The van der Waals surface area contributed by atoms with Gasteiger partial charge in [-0.05, 0) is 42.9 Å². The average molecular weight is 275 g/mol. The number of nitrogens with two attached hydrogens (primary N) is 1. The van der Waals surface area contributed by atoms with E-state index in [1.165, 1.54) is 12.7 Å². The highest BCUT2D eigenvalue weighted by Gasteiger charge is 2.44. The fourth-order valence-corrected chi connectivity index (χ4v) is 4.92. The van der Waals surface area contributed by atoms with Crippen molar-refractivity contribution >= 4 is 9.84 Å². The lowest BCUT2D eigenvalue weighted by Crippen LogP contribution is -2.52. The molecule has 3 nitrogen and oxygen atoms in total. The molecule has 1 rings (SSSR count). The zero-order valence-corrected chi connectivity index (χ0v) is 13.4. The van der Waals surface area contributed by atoms with Crippen molar-refractivity contribution in [3.63, 3.8) is 0 Å². The maximum Gasteiger partial charge on any atom is 0.147 e. The van der Waals surface area contributed by atoms with E-state index in [0.717, 1.165) is 19.3 Å². The van der Waals surface area contributed by atoms with Crippen molar-refractivity contribution in [2.45, 2.75) is 65.3 Å². The van der Waals surface area contributed by atoms with Gasteiger partial charge in [-0.15, -0.1) is 0 Å². The van der Waals surface area contributed by atoms with Gasteiger partial charge in [0.25, 0.3) is 0 Å². The largest absolute Gasteiger partial charge is 0.325 e. The zero-order chi connectivity index (χ0) is 14.2. The lowest BCUT2D eigenvalue weighted by molar-refractivity contribution is 0.0442. The molecular formula is C14H29NO2S. The number of rotatable bonds is 4. The van der Waals surface area contributed by atoms with Crippen LogP contribution in [-0.4, -0.2) is 26.0 Å². The molecule has 0 aliphatic heterocycles. The topological polar surface area (TPSA) is 60.2 Å². The Morgan fingerprint density at radius 1 is 1.00 bits per heavy atom. The highest BCUT2D eigenvalue weighted by molar-refractivity contribution is 7.90. The summed E-state index contributed by atoms with van der Waals surface area (Å²) in [4.78, 5) is 0. The predicted octanol–water partition coefficient (Wildman–Crippen LogP) is 2.75. The SMILES string of the molecule is CC1(C)CC(C)(C)CC(N)(CCCS(C)(=O)=O)C1. The molecule has 0 aromatic heterocycles. The number of hydrogen-bond acceptors (Lipinski definition) is 3. The van der Waals surface area contributed by atoms with Crippen LogP contribution in [0.15, 0.2) is 0 Å². The van der Waals surface area contributed by atoms with Gasteiger partial charge < -0.3 is 5.73 Å². The molecule has 0 amide bonds. The Balaban J connectivity index is 2.67. The number of hydrogen-bond donors (Lipinski definition) is 1. The van der Waals surface area contributed by atoms with Gasteiger partial charge in [0.2, 0.25) is 0 Å². The molecular weight excluding hydrogens is 246 g/mol. The van der Waals surface area contributed by atoms with E-state index < -0.39 is 9.84 Å². The molecule has 0 saturated heterocycles. The van der Waals surface area contributed by atoms with E-state index in [0.29, 0.717) is 6.42 Å². The molecule has 1 aliphatic carbocycles. The van der Waals surface area contributed by atoms with E-state index in [-0.39, 0.29) is 22.1 Å². The molecule has 0 bridgehead atoms. The van der Waals surface area contributed by atoms with Crippen LogP contribution in [-0.2, 0) is 9.84 Å². The van der Waals surface area contributed by atoms with Crippen molar-refractivity contribution in [2.75, 3.05) is 12.0 Å². The summed E-state index contributed by atoms with van der Waals surface area (Å²) in [5.74, 6) is 0.257. The van der Waals surface area contributed by atoms with Gasteiger partial charge in [0, 0.05) is 17.5 Å². The minimum atomic E-state index is -2.86. The molecule has 18 heavy (non-hydrogen) atoms. The molecule has 1 saturated carbocycles. The third-order valence-corrected chi connectivity index (χ3v) is 4.84. The first-order valence-electron chi connectivity index (χ1n) is 6.79. The smallest absolute Gasteiger partial charge is 0.147 e. The second-order valence-corrected chi connectivity index (χ2v) is 10.2. The Bertz CT molecular complexity index is 380. The summed E-state index contributed by atoms with van der Waals surface area (Å²) in [6.45, 7) is 9.08. The fraction of sp³-hybridized carbons (Fsp3) is 1.00. The van der Waals surface area contributed by atoms with Crippen LogP contribution in [0.4, 0.5) is 0 Å². The molecule has 1 aliphatic rings. The van der Waals surface area contributed by atoms with Gasteiger partial charge >= 0.3 is 0 Å². The standard InChI is InChI=1S/C14H29NO2S/c1-12(2)9-13(3,4)11-14(15,10-12)7-6-8-18(5,16)17/h6-11,15H2,1-5H3. The van der Waals surface area contributed by atoms with E-state index in [2.05, 4.69) is 27.7 Å². The van der Waals surface area contributed by atoms with Crippen molar-refractivity contribution in [3.05, 3.63) is 0 Å². The lowest BCUT2D eigenvalue weighted by atomic mass is 9.58. The van der Waals surface area contributed by atoms with Gasteiger partial charge in [-0.2, -0.15) is 0 Å². The van der Waals surface area contributed by atoms with Crippen LogP contribution in [0.5, 0.6) is 0 Å². The molecule has 0 radical (unpaired) electrons. The fourth-order valence-electron chi connectivity index (χ4n) is 4.25. The molecule has 0 heterocycles. The minimum absolute atomic E-state index is 0.198. The first-order valence-corrected chi connectivity index (χ1v) is 8.85. The van der Waals surface area contributed by atoms with Gasteiger partial charge in [0.15, 0.2) is 0 Å². The molecule has 0 spiro atoms. The van der Waals surface area contributed by atoms with Crippen LogP contribution in [0.2, 0.25) is 0 Å². The van der Waals surface area contributed by atoms with Gasteiger partial charge in [0.05, 0.1) is 0 Å². The monoisotopic (exact) mass is 275 g/mol. The predicted molar refractivity (Wildman–Crippen MR) is 77.3 cm³/mol. The van der Waals surface area contributed by atoms with Crippen molar-refractivity contribution in [1.29, 1.82) is 0 Å². The minimum Gasteiger partial charge on any atom is -0.325 e. The molecule has 108 valence electrons. The molecule has 2 N–H and O–H groups in total. The Morgan fingerprint density at radius 2 is 1.44 bits per heavy atom. The number of sulfone groups is 1. The van der Waals surface area contributed by atoms with Crippen LogP contribution >= 0.6 is 0 Å². The van der Waals surface area contributed by atoms with Gasteiger partial charge in [-0.25, -0.2) is 8.42 Å². The Hall–Kier alpha value is -0.0900. The average Bonchev–Trinajstić information content (AvgIpc) is 1.91. The normalized spacial score (nSPS) is 25.9. The summed E-state index contributed by atoms with van der Waals surface area (Å²) in [7, 11) is -2.86. The summed E-state index contributed by atoms with van der Waals surface area (Å²) in [6.07, 6.45) is 5.96. The Kier molecular flexibility index (Phi) is 4.24. The summed E-state index contributed by atoms with van der Waals surface area (Å²) >= 11 is 0. The van der Waals surface area contributed by atoms with Crippen molar-refractivity contribution < 1.29 is 8.42 Å². The third-order valence-electron chi connectivity index (χ3n) is 3.81. The van der Waals surface area contributed by atoms with E-state index >= 15 is 0 Å². The second kappa shape index (κ2) is 4.78. The van der Waals surface area contributed by atoms with Crippen LogP contribution < -0.4 is 5.73 Å². The van der Waals surface area contributed by atoms with Gasteiger partial charge in [-0.1, -0.05) is 27.7 Å². The summed E-state index contributed by atoms with van der Waals surface area (Å²) in [5, 5.41) is 0. The lowest BCUT2D eigenvalue weighted by Gasteiger charge is -2.50. The van der Waals surface area contributed by atoms with Crippen molar-refractivity contribution in [3.8, 4) is 0 Å². The van der Waals surface area contributed by atoms with E-state index in [9.17, 15) is 8.42 Å². The first-order chi connectivity index (χ1) is 7.83. The maximum absolute atomic E-state index is 11.2. The molecule has 0 atom stereocenters.